The molecule has 0 aliphatic carbocycles. The summed E-state index contributed by atoms with van der Waals surface area (Å²) in [7, 11) is 0. The van der Waals surface area contributed by atoms with Gasteiger partial charge in [-0.2, -0.15) is 0 Å². The Balaban J connectivity index is 1.52. The van der Waals surface area contributed by atoms with Crippen LogP contribution >= 0.6 is 12.2 Å². The zero-order valence-electron chi connectivity index (χ0n) is 18.8. The van der Waals surface area contributed by atoms with Gasteiger partial charge in [-0.3, -0.25) is 9.78 Å². The number of hydrogen-bond donors (Lipinski definition) is 2. The van der Waals surface area contributed by atoms with Gasteiger partial charge in [0.1, 0.15) is 6.54 Å². The Morgan fingerprint density at radius 3 is 2.62 bits per heavy atom. The normalized spacial score (nSPS) is 17.4. The van der Waals surface area contributed by atoms with Crippen molar-refractivity contribution >= 4 is 28.9 Å². The molecule has 7 heteroatoms. The zero-order chi connectivity index (χ0) is 23.5. The fraction of sp³-hybridized carbons (Fsp3) is 0.148. The highest BCUT2D eigenvalue weighted by atomic mass is 32.1. The van der Waals surface area contributed by atoms with Crippen LogP contribution in [0.5, 0.6) is 0 Å². The maximum Gasteiger partial charge on any atom is 0.244 e. The third-order valence-electron chi connectivity index (χ3n) is 5.93. The summed E-state index contributed by atoms with van der Waals surface area (Å²) in [6.45, 7) is 2.20. The summed E-state index contributed by atoms with van der Waals surface area (Å²) < 4.78 is 2.16. The van der Waals surface area contributed by atoms with Crippen molar-refractivity contribution in [3.05, 3.63) is 114 Å². The van der Waals surface area contributed by atoms with Gasteiger partial charge in [0.05, 0.1) is 17.8 Å². The van der Waals surface area contributed by atoms with Crippen molar-refractivity contribution < 1.29 is 4.79 Å². The second kappa shape index (κ2) is 9.49. The molecule has 6 nitrogen and oxygen atoms in total. The molecule has 170 valence electrons. The largest absolute Gasteiger partial charge is 0.352 e. The molecule has 2 N–H and O–H groups in total. The number of thiocarbonyl (C=S) groups is 1. The molecule has 2 aromatic heterocycles. The van der Waals surface area contributed by atoms with Crippen molar-refractivity contribution in [3.8, 4) is 5.69 Å². The minimum Gasteiger partial charge on any atom is -0.352 e. The number of rotatable bonds is 6. The van der Waals surface area contributed by atoms with E-state index in [9.17, 15) is 4.79 Å². The lowest BCUT2D eigenvalue weighted by Crippen LogP contribution is -2.37. The molecule has 3 heterocycles. The number of carbonyl (C=O) groups is 1. The molecule has 2 atom stereocenters. The number of nitrogens with one attached hydrogen (secondary N) is 2. The fourth-order valence-corrected chi connectivity index (χ4v) is 4.73. The number of aryl methyl sites for hydroxylation is 1. The minimum atomic E-state index is -0.223. The molecular formula is C27H25N5OS. The van der Waals surface area contributed by atoms with E-state index in [1.807, 2.05) is 71.8 Å². The molecule has 1 aliphatic rings. The summed E-state index contributed by atoms with van der Waals surface area (Å²) in [5.74, 6) is -0.129. The van der Waals surface area contributed by atoms with Crippen LogP contribution in [0.3, 0.4) is 0 Å². The van der Waals surface area contributed by atoms with E-state index in [-0.39, 0.29) is 24.5 Å². The van der Waals surface area contributed by atoms with Crippen LogP contribution in [0.15, 0.2) is 97.3 Å². The molecule has 5 rings (SSSR count). The molecule has 1 amide bonds. The quantitative estimate of drug-likeness (QED) is 0.399. The molecule has 2 aromatic carbocycles. The van der Waals surface area contributed by atoms with Gasteiger partial charge in [-0.05, 0) is 73.2 Å². The zero-order valence-corrected chi connectivity index (χ0v) is 19.6. The van der Waals surface area contributed by atoms with Crippen molar-refractivity contribution in [1.82, 2.24) is 19.8 Å². The monoisotopic (exact) mass is 467 g/mol. The van der Waals surface area contributed by atoms with E-state index in [4.69, 9.17) is 12.2 Å². The third kappa shape index (κ3) is 4.43. The average Bonchev–Trinajstić information content (AvgIpc) is 3.45. The van der Waals surface area contributed by atoms with Crippen molar-refractivity contribution in [2.24, 2.45) is 0 Å². The number of anilines is 1. The fourth-order valence-electron chi connectivity index (χ4n) is 4.42. The highest BCUT2D eigenvalue weighted by Crippen LogP contribution is 2.39. The van der Waals surface area contributed by atoms with Crippen LogP contribution in [0, 0.1) is 6.92 Å². The van der Waals surface area contributed by atoms with Crippen molar-refractivity contribution in [3.63, 3.8) is 0 Å². The Hall–Kier alpha value is -3.97. The van der Waals surface area contributed by atoms with Gasteiger partial charge in [-0.25, -0.2) is 0 Å². The van der Waals surface area contributed by atoms with Crippen LogP contribution < -0.4 is 10.6 Å². The molecule has 0 unspecified atom stereocenters. The van der Waals surface area contributed by atoms with Gasteiger partial charge in [0.15, 0.2) is 5.11 Å². The summed E-state index contributed by atoms with van der Waals surface area (Å²) in [5.41, 5.74) is 4.90. The van der Waals surface area contributed by atoms with Crippen molar-refractivity contribution in [1.29, 1.82) is 0 Å². The van der Waals surface area contributed by atoms with Crippen LogP contribution in [0.25, 0.3) is 5.69 Å². The number of nitrogens with zero attached hydrogens (tertiary/aromatic N) is 3. The number of para-hydroxylation sites is 1. The first-order valence-electron chi connectivity index (χ1n) is 11.2. The van der Waals surface area contributed by atoms with E-state index in [2.05, 4.69) is 51.4 Å². The number of carbonyl (C=O) groups excluding carboxylic acids is 1. The maximum atomic E-state index is 13.0. The van der Waals surface area contributed by atoms with Gasteiger partial charge in [0.25, 0.3) is 0 Å². The van der Waals surface area contributed by atoms with Gasteiger partial charge < -0.3 is 20.1 Å². The topological polar surface area (TPSA) is 62.2 Å². The lowest BCUT2D eigenvalue weighted by atomic mass is 10.0. The summed E-state index contributed by atoms with van der Waals surface area (Å²) in [6, 6.07) is 27.3. The van der Waals surface area contributed by atoms with E-state index in [0.29, 0.717) is 5.11 Å². The van der Waals surface area contributed by atoms with Gasteiger partial charge >= 0.3 is 0 Å². The Kier molecular flexibility index (Phi) is 6.10. The molecule has 0 radical (unpaired) electrons. The molecule has 4 aromatic rings. The van der Waals surface area contributed by atoms with Crippen LogP contribution in [-0.4, -0.2) is 32.0 Å². The first-order chi connectivity index (χ1) is 16.6. The highest BCUT2D eigenvalue weighted by Gasteiger charge is 2.42. The number of benzene rings is 2. The highest BCUT2D eigenvalue weighted by molar-refractivity contribution is 7.80. The number of hydrogen-bond acceptors (Lipinski definition) is 3. The Morgan fingerprint density at radius 2 is 1.85 bits per heavy atom. The molecule has 0 bridgehead atoms. The average molecular weight is 468 g/mol. The Morgan fingerprint density at radius 1 is 1.03 bits per heavy atom. The van der Waals surface area contributed by atoms with E-state index in [1.165, 1.54) is 5.56 Å². The predicted octanol–water partition coefficient (Wildman–Crippen LogP) is 4.79. The standard InChI is InChI=1S/C27H25N5OS/c1-19-9-7-12-21(17-19)31-16-8-14-23(31)26-25(22-13-5-6-15-28-22)30-27(34)32(26)18-24(33)29-20-10-3-2-4-11-20/h2-17,25-26H,18H2,1H3,(H,29,33)(H,30,34)/t25-,26+/m0/s1. The van der Waals surface area contributed by atoms with Gasteiger partial charge in [-0.1, -0.05) is 36.4 Å². The first-order valence-corrected chi connectivity index (χ1v) is 11.6. The molecule has 0 saturated carbocycles. The lowest BCUT2D eigenvalue weighted by molar-refractivity contribution is -0.116. The van der Waals surface area contributed by atoms with Gasteiger partial charge in [0.2, 0.25) is 5.91 Å². The van der Waals surface area contributed by atoms with E-state index < -0.39 is 0 Å². The number of aromatic nitrogens is 2. The lowest BCUT2D eigenvalue weighted by Gasteiger charge is -2.28. The van der Waals surface area contributed by atoms with Crippen LogP contribution in [0.4, 0.5) is 5.69 Å². The smallest absolute Gasteiger partial charge is 0.244 e. The molecule has 1 saturated heterocycles. The summed E-state index contributed by atoms with van der Waals surface area (Å²) in [5, 5.41) is 6.92. The second-order valence-corrected chi connectivity index (χ2v) is 8.70. The van der Waals surface area contributed by atoms with E-state index in [0.717, 1.165) is 22.8 Å². The molecule has 1 aliphatic heterocycles. The predicted molar refractivity (Wildman–Crippen MR) is 138 cm³/mol. The van der Waals surface area contributed by atoms with Crippen LogP contribution in [0.1, 0.15) is 29.0 Å². The molecule has 0 spiro atoms. The minimum absolute atomic E-state index is 0.119. The van der Waals surface area contributed by atoms with Crippen LogP contribution in [0.2, 0.25) is 0 Å². The third-order valence-corrected chi connectivity index (χ3v) is 6.28. The summed E-state index contributed by atoms with van der Waals surface area (Å²) >= 11 is 5.73. The van der Waals surface area contributed by atoms with E-state index in [1.54, 1.807) is 6.20 Å². The van der Waals surface area contributed by atoms with Gasteiger partial charge in [0, 0.05) is 29.5 Å². The molecular weight excluding hydrogens is 442 g/mol. The Bertz CT molecular complexity index is 1300. The number of amides is 1. The number of pyridine rings is 1. The molecule has 34 heavy (non-hydrogen) atoms. The van der Waals surface area contributed by atoms with E-state index >= 15 is 0 Å². The molecule has 1 fully saturated rings. The summed E-state index contributed by atoms with van der Waals surface area (Å²) in [4.78, 5) is 19.6. The van der Waals surface area contributed by atoms with Crippen molar-refractivity contribution in [2.45, 2.75) is 19.0 Å². The van der Waals surface area contributed by atoms with Crippen LogP contribution in [-0.2, 0) is 4.79 Å². The second-order valence-electron chi connectivity index (χ2n) is 8.31. The maximum absolute atomic E-state index is 13.0. The Labute approximate surface area is 204 Å². The van der Waals surface area contributed by atoms with Gasteiger partial charge in [-0.15, -0.1) is 0 Å². The first kappa shape index (κ1) is 21.9. The SMILES string of the molecule is Cc1cccc(-n2cccc2[C@@H]2[C@H](c3ccccn3)NC(=S)N2CC(=O)Nc2ccccc2)c1. The summed E-state index contributed by atoms with van der Waals surface area (Å²) in [6.07, 6.45) is 3.82. The van der Waals surface area contributed by atoms with Crippen molar-refractivity contribution in [2.75, 3.05) is 11.9 Å².